The van der Waals surface area contributed by atoms with Crippen LogP contribution in [0.1, 0.15) is 24.0 Å². The van der Waals surface area contributed by atoms with Gasteiger partial charge < -0.3 is 10.2 Å². The van der Waals surface area contributed by atoms with Crippen molar-refractivity contribution in [1.29, 1.82) is 0 Å². The van der Waals surface area contributed by atoms with Gasteiger partial charge in [-0.25, -0.2) is 9.69 Å². The Kier molecular flexibility index (Phi) is 4.62. The molecular weight excluding hydrogens is 362 g/mol. The summed E-state index contributed by atoms with van der Waals surface area (Å²) in [5.41, 5.74) is 3.89. The van der Waals surface area contributed by atoms with E-state index in [1.165, 1.54) is 18.5 Å². The molecule has 0 bridgehead atoms. The lowest BCUT2D eigenvalue weighted by atomic mass is 10.1. The molecule has 5 nitrogen and oxygen atoms in total. The normalized spacial score (nSPS) is 18.5. The van der Waals surface area contributed by atoms with Crippen molar-refractivity contribution in [3.63, 3.8) is 0 Å². The molecular formula is C21H20ClN3O2. The zero-order valence-corrected chi connectivity index (χ0v) is 15.8. The minimum absolute atomic E-state index is 0.261. The second-order valence-electron chi connectivity index (χ2n) is 6.84. The molecule has 3 amide bonds. The van der Waals surface area contributed by atoms with Crippen molar-refractivity contribution >= 4 is 41.0 Å². The van der Waals surface area contributed by atoms with Crippen LogP contribution < -0.4 is 15.1 Å². The van der Waals surface area contributed by atoms with Gasteiger partial charge in [0, 0.05) is 23.8 Å². The topological polar surface area (TPSA) is 52.7 Å². The molecule has 2 aliphatic heterocycles. The predicted molar refractivity (Wildman–Crippen MR) is 108 cm³/mol. The van der Waals surface area contributed by atoms with Gasteiger partial charge >= 0.3 is 6.03 Å². The monoisotopic (exact) mass is 381 g/mol. The Morgan fingerprint density at radius 1 is 1.04 bits per heavy atom. The molecule has 2 saturated heterocycles. The van der Waals surface area contributed by atoms with E-state index in [-0.39, 0.29) is 11.6 Å². The molecule has 1 N–H and O–H groups in total. The third-order valence-electron chi connectivity index (χ3n) is 4.97. The Morgan fingerprint density at radius 3 is 2.52 bits per heavy atom. The van der Waals surface area contributed by atoms with E-state index in [4.69, 9.17) is 11.6 Å². The number of aryl methyl sites for hydroxylation is 1. The van der Waals surface area contributed by atoms with Crippen molar-refractivity contribution in [3.8, 4) is 0 Å². The van der Waals surface area contributed by atoms with E-state index >= 15 is 0 Å². The minimum Gasteiger partial charge on any atom is -0.372 e. The maximum absolute atomic E-state index is 12.7. The molecule has 0 aliphatic carbocycles. The minimum atomic E-state index is -0.472. The number of urea groups is 1. The van der Waals surface area contributed by atoms with E-state index in [0.29, 0.717) is 10.7 Å². The van der Waals surface area contributed by atoms with E-state index in [9.17, 15) is 9.59 Å². The number of nitrogens with zero attached hydrogens (tertiary/aromatic N) is 2. The zero-order valence-electron chi connectivity index (χ0n) is 15.0. The number of benzene rings is 2. The van der Waals surface area contributed by atoms with Crippen molar-refractivity contribution in [2.24, 2.45) is 0 Å². The van der Waals surface area contributed by atoms with E-state index in [1.807, 2.05) is 13.0 Å². The van der Waals surface area contributed by atoms with Gasteiger partial charge in [0.2, 0.25) is 0 Å². The van der Waals surface area contributed by atoms with Gasteiger partial charge in [0.1, 0.15) is 5.70 Å². The first-order chi connectivity index (χ1) is 13.0. The number of rotatable bonds is 3. The molecule has 6 heteroatoms. The summed E-state index contributed by atoms with van der Waals surface area (Å²) in [7, 11) is 0. The fourth-order valence-electron chi connectivity index (χ4n) is 3.53. The molecule has 0 unspecified atom stereocenters. The fourth-order valence-corrected chi connectivity index (χ4v) is 3.72. The second-order valence-corrected chi connectivity index (χ2v) is 7.28. The Morgan fingerprint density at radius 2 is 1.81 bits per heavy atom. The molecule has 2 aliphatic rings. The summed E-state index contributed by atoms with van der Waals surface area (Å²) in [5, 5.41) is 3.13. The number of anilines is 2. The molecule has 2 fully saturated rings. The highest BCUT2D eigenvalue weighted by Gasteiger charge is 2.35. The lowest BCUT2D eigenvalue weighted by molar-refractivity contribution is -0.113. The highest BCUT2D eigenvalue weighted by atomic mass is 35.5. The zero-order chi connectivity index (χ0) is 19.0. The van der Waals surface area contributed by atoms with Crippen molar-refractivity contribution in [2.45, 2.75) is 19.8 Å². The predicted octanol–water partition coefficient (Wildman–Crippen LogP) is 4.35. The van der Waals surface area contributed by atoms with Gasteiger partial charge in [-0.05, 0) is 67.3 Å². The number of amides is 3. The number of hydrogen-bond donors (Lipinski definition) is 1. The summed E-state index contributed by atoms with van der Waals surface area (Å²) >= 11 is 5.99. The van der Waals surface area contributed by atoms with E-state index in [0.717, 1.165) is 29.1 Å². The number of imide groups is 1. The maximum Gasteiger partial charge on any atom is 0.333 e. The highest BCUT2D eigenvalue weighted by molar-refractivity contribution is 6.32. The number of carbonyl (C=O) groups is 2. The van der Waals surface area contributed by atoms with E-state index in [1.54, 1.807) is 30.3 Å². The number of halogens is 1. The smallest absolute Gasteiger partial charge is 0.333 e. The van der Waals surface area contributed by atoms with Crippen LogP contribution in [0, 0.1) is 6.92 Å². The lowest BCUT2D eigenvalue weighted by Gasteiger charge is -2.18. The molecule has 2 aromatic rings. The van der Waals surface area contributed by atoms with Gasteiger partial charge in [0.05, 0.1) is 5.69 Å². The summed E-state index contributed by atoms with van der Waals surface area (Å²) in [6, 6.07) is 12.4. The van der Waals surface area contributed by atoms with Crippen LogP contribution in [0.5, 0.6) is 0 Å². The Bertz CT molecular complexity index is 948. The number of carbonyl (C=O) groups excluding carboxylic acids is 2. The fraction of sp³-hybridized carbons (Fsp3) is 0.238. The maximum atomic E-state index is 12.7. The molecule has 0 saturated carbocycles. The summed E-state index contributed by atoms with van der Waals surface area (Å²) in [6.07, 6.45) is 4.18. The highest BCUT2D eigenvalue weighted by Crippen LogP contribution is 2.27. The third-order valence-corrected chi connectivity index (χ3v) is 5.20. The quantitative estimate of drug-likeness (QED) is 0.635. The summed E-state index contributed by atoms with van der Waals surface area (Å²) in [6.45, 7) is 4.19. The molecule has 2 heterocycles. The van der Waals surface area contributed by atoms with Gasteiger partial charge in [-0.2, -0.15) is 0 Å². The van der Waals surface area contributed by atoms with Crippen LogP contribution in [0.4, 0.5) is 16.2 Å². The molecule has 4 rings (SSSR count). The SMILES string of the molecule is Cc1cc(N2CCCC2)ccc1/C=C1/NC(=O)N(c2cccc(Cl)c2)C1=O. The van der Waals surface area contributed by atoms with Crippen LogP contribution in [0.2, 0.25) is 5.02 Å². The van der Waals surface area contributed by atoms with Crippen LogP contribution in [0.25, 0.3) is 6.08 Å². The number of hydrogen-bond acceptors (Lipinski definition) is 3. The molecule has 27 heavy (non-hydrogen) atoms. The van der Waals surface area contributed by atoms with Crippen molar-refractivity contribution < 1.29 is 9.59 Å². The van der Waals surface area contributed by atoms with Gasteiger partial charge in [0.15, 0.2) is 0 Å². The molecule has 0 atom stereocenters. The Hall–Kier alpha value is -2.79. The summed E-state index contributed by atoms with van der Waals surface area (Å²) in [5.74, 6) is -0.384. The van der Waals surface area contributed by atoms with E-state index in [2.05, 4.69) is 22.3 Å². The van der Waals surface area contributed by atoms with Crippen molar-refractivity contribution in [1.82, 2.24) is 5.32 Å². The lowest BCUT2D eigenvalue weighted by Crippen LogP contribution is -2.30. The summed E-state index contributed by atoms with van der Waals surface area (Å²) in [4.78, 5) is 28.5. The Labute approximate surface area is 163 Å². The van der Waals surface area contributed by atoms with Crippen molar-refractivity contribution in [2.75, 3.05) is 22.9 Å². The van der Waals surface area contributed by atoms with Crippen LogP contribution in [0.15, 0.2) is 48.2 Å². The van der Waals surface area contributed by atoms with Crippen LogP contribution in [-0.2, 0) is 4.79 Å². The first-order valence-electron chi connectivity index (χ1n) is 9.01. The molecule has 0 aromatic heterocycles. The van der Waals surface area contributed by atoms with Gasteiger partial charge in [-0.3, -0.25) is 4.79 Å². The number of nitrogens with one attached hydrogen (secondary N) is 1. The third kappa shape index (κ3) is 3.43. The second kappa shape index (κ2) is 7.08. The van der Waals surface area contributed by atoms with E-state index < -0.39 is 6.03 Å². The van der Waals surface area contributed by atoms with Crippen LogP contribution in [0.3, 0.4) is 0 Å². The first-order valence-corrected chi connectivity index (χ1v) is 9.39. The van der Waals surface area contributed by atoms with Crippen LogP contribution >= 0.6 is 11.6 Å². The molecule has 2 aromatic carbocycles. The molecule has 138 valence electrons. The summed E-state index contributed by atoms with van der Waals surface area (Å²) < 4.78 is 0. The first kappa shape index (κ1) is 17.6. The standard InChI is InChI=1S/C21H20ClN3O2/c1-14-11-17(24-9-2-3-10-24)8-7-15(14)12-19-20(26)25(21(27)23-19)18-6-4-5-16(22)13-18/h4-8,11-13H,2-3,9-10H2,1H3,(H,23,27)/b19-12+. The van der Waals surface area contributed by atoms with Gasteiger partial charge in [-0.15, -0.1) is 0 Å². The Balaban J connectivity index is 1.61. The van der Waals surface area contributed by atoms with Crippen molar-refractivity contribution in [3.05, 3.63) is 64.3 Å². The van der Waals surface area contributed by atoms with Gasteiger partial charge in [-0.1, -0.05) is 23.7 Å². The molecule has 0 spiro atoms. The average Bonchev–Trinajstić information content (AvgIpc) is 3.26. The average molecular weight is 382 g/mol. The molecule has 0 radical (unpaired) electrons. The van der Waals surface area contributed by atoms with Crippen LogP contribution in [-0.4, -0.2) is 25.0 Å². The largest absolute Gasteiger partial charge is 0.372 e. The van der Waals surface area contributed by atoms with Gasteiger partial charge in [0.25, 0.3) is 5.91 Å².